The molecule has 0 heterocycles. The van der Waals surface area contributed by atoms with E-state index in [-0.39, 0.29) is 5.41 Å². The Morgan fingerprint density at radius 3 is 2.00 bits per heavy atom. The van der Waals surface area contributed by atoms with E-state index in [0.717, 1.165) is 18.4 Å². The van der Waals surface area contributed by atoms with Crippen LogP contribution in [0, 0.1) is 5.41 Å². The summed E-state index contributed by atoms with van der Waals surface area (Å²) in [6, 6.07) is 18.3. The van der Waals surface area contributed by atoms with Crippen LogP contribution < -0.4 is 0 Å². The van der Waals surface area contributed by atoms with Crippen LogP contribution in [-0.2, 0) is 0 Å². The van der Waals surface area contributed by atoms with Gasteiger partial charge in [0.15, 0.2) is 5.78 Å². The van der Waals surface area contributed by atoms with Crippen molar-refractivity contribution >= 4 is 5.78 Å². The predicted molar refractivity (Wildman–Crippen MR) is 82.8 cm³/mol. The first-order chi connectivity index (χ1) is 9.69. The number of hydrogen-bond donors (Lipinski definition) is 0. The number of Topliss-reactive ketones (excluding diaryl/α,β-unsaturated/α-hetero) is 1. The molecule has 1 heteroatoms. The number of benzene rings is 2. The lowest BCUT2D eigenvalue weighted by molar-refractivity contribution is 0.0823. The number of carbonyl (C=O) groups excluding carboxylic acids is 1. The monoisotopic (exact) mass is 264 g/mol. The Morgan fingerprint density at radius 1 is 0.850 bits per heavy atom. The maximum atomic E-state index is 12.6. The van der Waals surface area contributed by atoms with Gasteiger partial charge in [-0.25, -0.2) is 0 Å². The topological polar surface area (TPSA) is 17.1 Å². The highest BCUT2D eigenvalue weighted by Gasteiger charge is 2.36. The number of hydrogen-bond acceptors (Lipinski definition) is 1. The Hall–Kier alpha value is -1.89. The van der Waals surface area contributed by atoms with Gasteiger partial charge in [-0.05, 0) is 24.0 Å². The Bertz CT molecular complexity index is 589. The molecule has 0 saturated heterocycles. The molecular weight excluding hydrogens is 244 g/mol. The molecule has 2 aromatic carbocycles. The number of rotatable bonds is 3. The van der Waals surface area contributed by atoms with Crippen molar-refractivity contribution in [2.75, 3.05) is 0 Å². The highest BCUT2D eigenvalue weighted by molar-refractivity contribution is 6.00. The molecule has 0 N–H and O–H groups in total. The zero-order valence-electron chi connectivity index (χ0n) is 11.9. The zero-order valence-corrected chi connectivity index (χ0v) is 11.9. The standard InChI is InChI=1S/C19H20O/c1-19(13-5-6-14-19)18(20)17-11-9-16(10-12-17)15-7-3-2-4-8-15/h2-4,7-12H,5-6,13-14H2,1H3. The third-order valence-corrected chi connectivity index (χ3v) is 4.51. The molecule has 1 nitrogen and oxygen atoms in total. The van der Waals surface area contributed by atoms with Gasteiger partial charge in [0.25, 0.3) is 0 Å². The van der Waals surface area contributed by atoms with E-state index in [9.17, 15) is 4.79 Å². The van der Waals surface area contributed by atoms with Crippen LogP contribution in [0.25, 0.3) is 11.1 Å². The first kappa shape index (κ1) is 13.1. The molecule has 20 heavy (non-hydrogen) atoms. The quantitative estimate of drug-likeness (QED) is 0.703. The second-order valence-electron chi connectivity index (χ2n) is 6.04. The molecule has 0 bridgehead atoms. The summed E-state index contributed by atoms with van der Waals surface area (Å²) in [6.07, 6.45) is 4.44. The molecule has 1 fully saturated rings. The van der Waals surface area contributed by atoms with Crippen LogP contribution in [-0.4, -0.2) is 5.78 Å². The van der Waals surface area contributed by atoms with Crippen molar-refractivity contribution in [2.45, 2.75) is 32.6 Å². The molecular formula is C19H20O. The minimum Gasteiger partial charge on any atom is -0.294 e. The Morgan fingerprint density at radius 2 is 1.40 bits per heavy atom. The molecule has 102 valence electrons. The molecule has 0 amide bonds. The third kappa shape index (κ3) is 2.40. The van der Waals surface area contributed by atoms with E-state index in [4.69, 9.17) is 0 Å². The Kier molecular flexibility index (Phi) is 3.43. The van der Waals surface area contributed by atoms with E-state index in [0.29, 0.717) is 5.78 Å². The smallest absolute Gasteiger partial charge is 0.168 e. The Balaban J connectivity index is 1.85. The van der Waals surface area contributed by atoms with Gasteiger partial charge in [-0.1, -0.05) is 74.4 Å². The molecule has 0 aromatic heterocycles. The second kappa shape index (κ2) is 5.24. The summed E-state index contributed by atoms with van der Waals surface area (Å²) in [7, 11) is 0. The number of carbonyl (C=O) groups is 1. The van der Waals surface area contributed by atoms with E-state index >= 15 is 0 Å². The fourth-order valence-electron chi connectivity index (χ4n) is 3.18. The van der Waals surface area contributed by atoms with Gasteiger partial charge in [0, 0.05) is 11.0 Å². The van der Waals surface area contributed by atoms with Crippen molar-refractivity contribution in [3.05, 3.63) is 60.2 Å². The van der Waals surface area contributed by atoms with Gasteiger partial charge < -0.3 is 0 Å². The van der Waals surface area contributed by atoms with E-state index in [1.165, 1.54) is 24.0 Å². The van der Waals surface area contributed by atoms with Gasteiger partial charge in [0.05, 0.1) is 0 Å². The van der Waals surface area contributed by atoms with Crippen molar-refractivity contribution in [1.82, 2.24) is 0 Å². The maximum Gasteiger partial charge on any atom is 0.168 e. The average Bonchev–Trinajstić information content (AvgIpc) is 2.96. The normalized spacial score (nSPS) is 17.1. The summed E-state index contributed by atoms with van der Waals surface area (Å²) in [5, 5.41) is 0. The van der Waals surface area contributed by atoms with Crippen LogP contribution in [0.4, 0.5) is 0 Å². The van der Waals surface area contributed by atoms with Crippen LogP contribution in [0.1, 0.15) is 43.0 Å². The van der Waals surface area contributed by atoms with Crippen LogP contribution in [0.3, 0.4) is 0 Å². The molecule has 0 unspecified atom stereocenters. The fraction of sp³-hybridized carbons (Fsp3) is 0.316. The van der Waals surface area contributed by atoms with E-state index in [1.807, 2.05) is 30.3 Å². The molecule has 1 aliphatic rings. The average molecular weight is 264 g/mol. The predicted octanol–water partition coefficient (Wildman–Crippen LogP) is 5.12. The summed E-state index contributed by atoms with van der Waals surface area (Å²) in [5.41, 5.74) is 3.08. The molecule has 0 radical (unpaired) electrons. The van der Waals surface area contributed by atoms with E-state index in [1.54, 1.807) is 0 Å². The second-order valence-corrected chi connectivity index (χ2v) is 6.04. The maximum absolute atomic E-state index is 12.6. The SMILES string of the molecule is CC1(C(=O)c2ccc(-c3ccccc3)cc2)CCCC1. The molecule has 1 aliphatic carbocycles. The molecule has 0 atom stereocenters. The summed E-state index contributed by atoms with van der Waals surface area (Å²) >= 11 is 0. The minimum atomic E-state index is -0.131. The van der Waals surface area contributed by atoms with Crippen molar-refractivity contribution < 1.29 is 4.79 Å². The molecule has 0 aliphatic heterocycles. The molecule has 3 rings (SSSR count). The summed E-state index contributed by atoms with van der Waals surface area (Å²) in [4.78, 5) is 12.6. The van der Waals surface area contributed by atoms with E-state index < -0.39 is 0 Å². The van der Waals surface area contributed by atoms with Crippen molar-refractivity contribution in [2.24, 2.45) is 5.41 Å². The first-order valence-electron chi connectivity index (χ1n) is 7.39. The first-order valence-corrected chi connectivity index (χ1v) is 7.39. The Labute approximate surface area is 120 Å². The van der Waals surface area contributed by atoms with Crippen molar-refractivity contribution in [3.8, 4) is 11.1 Å². The van der Waals surface area contributed by atoms with Crippen LogP contribution in [0.15, 0.2) is 54.6 Å². The summed E-state index contributed by atoms with van der Waals surface area (Å²) in [6.45, 7) is 2.12. The highest BCUT2D eigenvalue weighted by Crippen LogP contribution is 2.40. The fourth-order valence-corrected chi connectivity index (χ4v) is 3.18. The van der Waals surface area contributed by atoms with Crippen molar-refractivity contribution in [3.63, 3.8) is 0 Å². The van der Waals surface area contributed by atoms with Gasteiger partial charge in [-0.2, -0.15) is 0 Å². The van der Waals surface area contributed by atoms with Gasteiger partial charge in [-0.15, -0.1) is 0 Å². The lowest BCUT2D eigenvalue weighted by atomic mass is 9.80. The molecule has 1 saturated carbocycles. The third-order valence-electron chi connectivity index (χ3n) is 4.51. The molecule has 2 aromatic rings. The van der Waals surface area contributed by atoms with Gasteiger partial charge in [-0.3, -0.25) is 4.79 Å². The van der Waals surface area contributed by atoms with Gasteiger partial charge in [0.1, 0.15) is 0 Å². The zero-order chi connectivity index (χ0) is 14.0. The van der Waals surface area contributed by atoms with Crippen LogP contribution >= 0.6 is 0 Å². The van der Waals surface area contributed by atoms with Gasteiger partial charge >= 0.3 is 0 Å². The highest BCUT2D eigenvalue weighted by atomic mass is 16.1. The minimum absolute atomic E-state index is 0.131. The summed E-state index contributed by atoms with van der Waals surface area (Å²) in [5.74, 6) is 0.314. The summed E-state index contributed by atoms with van der Waals surface area (Å²) < 4.78 is 0. The molecule has 0 spiro atoms. The lowest BCUT2D eigenvalue weighted by Gasteiger charge is -2.21. The van der Waals surface area contributed by atoms with E-state index in [2.05, 4.69) is 31.2 Å². The van der Waals surface area contributed by atoms with Gasteiger partial charge in [0.2, 0.25) is 0 Å². The van der Waals surface area contributed by atoms with Crippen LogP contribution in [0.5, 0.6) is 0 Å². The number of ketones is 1. The van der Waals surface area contributed by atoms with Crippen molar-refractivity contribution in [1.29, 1.82) is 0 Å². The largest absolute Gasteiger partial charge is 0.294 e. The lowest BCUT2D eigenvalue weighted by Crippen LogP contribution is -2.24. The van der Waals surface area contributed by atoms with Crippen LogP contribution in [0.2, 0.25) is 0 Å².